The number of esters is 1. The molecule has 0 atom stereocenters. The van der Waals surface area contributed by atoms with E-state index in [2.05, 4.69) is 10.4 Å². The summed E-state index contributed by atoms with van der Waals surface area (Å²) in [6, 6.07) is 13.8. The number of benzene rings is 2. The first-order valence-corrected chi connectivity index (χ1v) is 10.3. The van der Waals surface area contributed by atoms with Crippen molar-refractivity contribution in [2.24, 2.45) is 0 Å². The molecule has 0 aliphatic carbocycles. The number of furan rings is 1. The van der Waals surface area contributed by atoms with Crippen LogP contribution in [-0.4, -0.2) is 34.8 Å². The standard InChI is InChI=1S/C24H25N3O4/c1-15-13-16(2)27(26-15)12-6-11-25-21(28)14-30-24(29)22-17(3)19-10-9-18-7-4-5-8-20(18)23(19)31-22/h4-5,7-10,13H,6,11-12,14H2,1-3H3,(H,25,28). The van der Waals surface area contributed by atoms with Gasteiger partial charge in [0.15, 0.2) is 6.61 Å². The highest BCUT2D eigenvalue weighted by Crippen LogP contribution is 2.32. The van der Waals surface area contributed by atoms with E-state index in [1.807, 2.05) is 67.9 Å². The van der Waals surface area contributed by atoms with Crippen molar-refractivity contribution in [1.82, 2.24) is 15.1 Å². The smallest absolute Gasteiger partial charge is 0.375 e. The second-order valence-corrected chi connectivity index (χ2v) is 7.65. The third kappa shape index (κ3) is 4.30. The third-order valence-electron chi connectivity index (χ3n) is 5.32. The van der Waals surface area contributed by atoms with Crippen molar-refractivity contribution in [2.45, 2.75) is 33.7 Å². The van der Waals surface area contributed by atoms with E-state index < -0.39 is 5.97 Å². The number of amides is 1. The molecule has 1 amide bonds. The zero-order valence-electron chi connectivity index (χ0n) is 17.9. The van der Waals surface area contributed by atoms with Gasteiger partial charge in [-0.25, -0.2) is 4.79 Å². The van der Waals surface area contributed by atoms with Crippen molar-refractivity contribution >= 4 is 33.6 Å². The Morgan fingerprint density at radius 3 is 2.68 bits per heavy atom. The van der Waals surface area contributed by atoms with Gasteiger partial charge in [-0.3, -0.25) is 9.48 Å². The lowest BCUT2D eigenvalue weighted by atomic mass is 10.1. The SMILES string of the molecule is Cc1cc(C)n(CCCNC(=O)COC(=O)c2oc3c(ccc4ccccc43)c2C)n1. The number of aromatic nitrogens is 2. The monoisotopic (exact) mass is 419 g/mol. The minimum atomic E-state index is -0.643. The van der Waals surface area contributed by atoms with E-state index in [0.717, 1.165) is 34.0 Å². The highest BCUT2D eigenvalue weighted by Gasteiger charge is 2.21. The molecule has 0 spiro atoms. The maximum atomic E-state index is 12.5. The summed E-state index contributed by atoms with van der Waals surface area (Å²) in [5.41, 5.74) is 3.42. The molecular weight excluding hydrogens is 394 g/mol. The molecule has 0 saturated heterocycles. The Morgan fingerprint density at radius 2 is 1.90 bits per heavy atom. The quantitative estimate of drug-likeness (QED) is 0.360. The minimum Gasteiger partial charge on any atom is -0.450 e. The Bertz CT molecular complexity index is 1270. The fourth-order valence-corrected chi connectivity index (χ4v) is 3.75. The Kier molecular flexibility index (Phi) is 5.75. The molecule has 0 aliphatic rings. The molecule has 4 aromatic rings. The minimum absolute atomic E-state index is 0.128. The normalized spacial score (nSPS) is 11.2. The van der Waals surface area contributed by atoms with Crippen molar-refractivity contribution in [1.29, 1.82) is 0 Å². The van der Waals surface area contributed by atoms with Gasteiger partial charge in [0.1, 0.15) is 5.58 Å². The number of rotatable bonds is 7. The summed E-state index contributed by atoms with van der Waals surface area (Å²) in [5.74, 6) is -0.861. The highest BCUT2D eigenvalue weighted by molar-refractivity contribution is 6.08. The van der Waals surface area contributed by atoms with Crippen molar-refractivity contribution in [3.05, 3.63) is 65.2 Å². The van der Waals surface area contributed by atoms with Crippen molar-refractivity contribution in [2.75, 3.05) is 13.2 Å². The molecule has 2 aromatic heterocycles. The molecule has 31 heavy (non-hydrogen) atoms. The Hall–Kier alpha value is -3.61. The van der Waals surface area contributed by atoms with Crippen molar-refractivity contribution < 1.29 is 18.7 Å². The Balaban J connectivity index is 1.32. The van der Waals surface area contributed by atoms with E-state index in [4.69, 9.17) is 9.15 Å². The first kappa shape index (κ1) is 20.7. The number of aryl methyl sites for hydroxylation is 4. The lowest BCUT2D eigenvalue weighted by Gasteiger charge is -2.07. The summed E-state index contributed by atoms with van der Waals surface area (Å²) in [6.45, 7) is 6.61. The zero-order valence-corrected chi connectivity index (χ0v) is 17.9. The molecule has 0 saturated carbocycles. The molecule has 7 heteroatoms. The van der Waals surface area contributed by atoms with Gasteiger partial charge in [-0.2, -0.15) is 5.10 Å². The van der Waals surface area contributed by atoms with Crippen LogP contribution < -0.4 is 5.32 Å². The topological polar surface area (TPSA) is 86.4 Å². The molecule has 0 unspecified atom stereocenters. The molecule has 160 valence electrons. The van der Waals surface area contributed by atoms with Gasteiger partial charge in [0.25, 0.3) is 5.91 Å². The number of hydrogen-bond donors (Lipinski definition) is 1. The van der Waals surface area contributed by atoms with E-state index in [9.17, 15) is 9.59 Å². The summed E-state index contributed by atoms with van der Waals surface area (Å²) in [6.07, 6.45) is 0.734. The van der Waals surface area contributed by atoms with Gasteiger partial charge >= 0.3 is 5.97 Å². The van der Waals surface area contributed by atoms with Crippen LogP contribution in [0.4, 0.5) is 0 Å². The van der Waals surface area contributed by atoms with Crippen LogP contribution in [0.3, 0.4) is 0 Å². The number of carbonyl (C=O) groups is 2. The average molecular weight is 419 g/mol. The summed E-state index contributed by atoms with van der Waals surface area (Å²) >= 11 is 0. The van der Waals surface area contributed by atoms with Crippen LogP contribution in [-0.2, 0) is 16.1 Å². The predicted octanol–water partition coefficient (Wildman–Crippen LogP) is 4.07. The maximum absolute atomic E-state index is 12.5. The fraction of sp³-hybridized carbons (Fsp3) is 0.292. The van der Waals surface area contributed by atoms with Crippen LogP contribution in [0.25, 0.3) is 21.7 Å². The molecule has 4 rings (SSSR count). The number of carbonyl (C=O) groups excluding carboxylic acids is 2. The third-order valence-corrected chi connectivity index (χ3v) is 5.32. The molecular formula is C24H25N3O4. The van der Waals surface area contributed by atoms with E-state index in [0.29, 0.717) is 24.2 Å². The summed E-state index contributed by atoms with van der Waals surface area (Å²) in [5, 5.41) is 9.98. The van der Waals surface area contributed by atoms with Crippen molar-refractivity contribution in [3.63, 3.8) is 0 Å². The van der Waals surface area contributed by atoms with Gasteiger partial charge in [0.05, 0.1) is 5.69 Å². The lowest BCUT2D eigenvalue weighted by Crippen LogP contribution is -2.30. The summed E-state index contributed by atoms with van der Waals surface area (Å²) in [4.78, 5) is 24.6. The van der Waals surface area contributed by atoms with E-state index >= 15 is 0 Å². The van der Waals surface area contributed by atoms with Crippen LogP contribution in [0, 0.1) is 20.8 Å². The number of fused-ring (bicyclic) bond motifs is 3. The Morgan fingerprint density at radius 1 is 1.10 bits per heavy atom. The lowest BCUT2D eigenvalue weighted by molar-refractivity contribution is -0.124. The number of nitrogens with one attached hydrogen (secondary N) is 1. The van der Waals surface area contributed by atoms with Gasteiger partial charge < -0.3 is 14.5 Å². The predicted molar refractivity (Wildman–Crippen MR) is 118 cm³/mol. The van der Waals surface area contributed by atoms with Crippen LogP contribution in [0.5, 0.6) is 0 Å². The van der Waals surface area contributed by atoms with Crippen molar-refractivity contribution in [3.8, 4) is 0 Å². The van der Waals surface area contributed by atoms with Gasteiger partial charge in [-0.15, -0.1) is 0 Å². The molecule has 0 aliphatic heterocycles. The van der Waals surface area contributed by atoms with Gasteiger partial charge in [-0.05, 0) is 38.6 Å². The molecule has 0 bridgehead atoms. The van der Waals surface area contributed by atoms with Gasteiger partial charge in [-0.1, -0.05) is 36.4 Å². The van der Waals surface area contributed by atoms with E-state index in [1.165, 1.54) is 0 Å². The fourth-order valence-electron chi connectivity index (χ4n) is 3.75. The van der Waals surface area contributed by atoms with Gasteiger partial charge in [0.2, 0.25) is 5.76 Å². The van der Waals surface area contributed by atoms with Crippen LogP contribution >= 0.6 is 0 Å². The number of nitrogens with zero attached hydrogens (tertiary/aromatic N) is 2. The molecule has 1 N–H and O–H groups in total. The van der Waals surface area contributed by atoms with Gasteiger partial charge in [0, 0.05) is 35.1 Å². The maximum Gasteiger partial charge on any atom is 0.375 e. The van der Waals surface area contributed by atoms with Crippen LogP contribution in [0.1, 0.15) is 33.9 Å². The zero-order chi connectivity index (χ0) is 22.0. The second-order valence-electron chi connectivity index (χ2n) is 7.65. The average Bonchev–Trinajstić information content (AvgIpc) is 3.27. The van der Waals surface area contributed by atoms with E-state index in [-0.39, 0.29) is 18.3 Å². The van der Waals surface area contributed by atoms with Crippen LogP contribution in [0.2, 0.25) is 0 Å². The van der Waals surface area contributed by atoms with E-state index in [1.54, 1.807) is 0 Å². The summed E-state index contributed by atoms with van der Waals surface area (Å²) < 4.78 is 13.0. The molecule has 0 fully saturated rings. The Labute approximate surface area is 180 Å². The molecule has 7 nitrogen and oxygen atoms in total. The highest BCUT2D eigenvalue weighted by atomic mass is 16.5. The molecule has 0 radical (unpaired) electrons. The number of ether oxygens (including phenoxy) is 1. The largest absolute Gasteiger partial charge is 0.450 e. The first-order chi connectivity index (χ1) is 14.9. The second kappa shape index (κ2) is 8.63. The first-order valence-electron chi connectivity index (χ1n) is 10.3. The number of hydrogen-bond acceptors (Lipinski definition) is 5. The van der Waals surface area contributed by atoms with Crippen LogP contribution in [0.15, 0.2) is 46.9 Å². The molecule has 2 aromatic carbocycles. The summed E-state index contributed by atoms with van der Waals surface area (Å²) in [7, 11) is 0. The molecule has 2 heterocycles.